The van der Waals surface area contributed by atoms with Crippen LogP contribution in [0.3, 0.4) is 0 Å². The topological polar surface area (TPSA) is 91.6 Å². The second-order valence-electron chi connectivity index (χ2n) is 7.14. The van der Waals surface area contributed by atoms with Crippen molar-refractivity contribution in [3.63, 3.8) is 0 Å². The predicted molar refractivity (Wildman–Crippen MR) is 94.0 cm³/mol. The number of nitrogens with zero attached hydrogens (tertiary/aromatic N) is 4. The standard InChI is InChI=1S/C17H20ClFN4O3/c18-14-12(19)13-11(6-20-14)15(23-5-1-2-10(25)7-23)22-16(21-13)26-9-17(8-24)3-4-17/h6,10,24-25H,1-5,7-9H2/t10-/m1/s1. The smallest absolute Gasteiger partial charge is 0.319 e. The number of aliphatic hydroxyl groups is 2. The highest BCUT2D eigenvalue weighted by Gasteiger charge is 2.43. The Balaban J connectivity index is 1.73. The van der Waals surface area contributed by atoms with Gasteiger partial charge in [-0.25, -0.2) is 9.37 Å². The highest BCUT2D eigenvalue weighted by atomic mass is 35.5. The van der Waals surface area contributed by atoms with Gasteiger partial charge in [0.25, 0.3) is 0 Å². The van der Waals surface area contributed by atoms with Crippen molar-refractivity contribution in [1.82, 2.24) is 15.0 Å². The Labute approximate surface area is 154 Å². The molecule has 1 aliphatic carbocycles. The van der Waals surface area contributed by atoms with Crippen LogP contribution in [0.15, 0.2) is 6.20 Å². The molecule has 7 nitrogen and oxygen atoms in total. The number of aliphatic hydroxyl groups excluding tert-OH is 2. The molecule has 0 aromatic carbocycles. The summed E-state index contributed by atoms with van der Waals surface area (Å²) in [5.41, 5.74) is -0.201. The van der Waals surface area contributed by atoms with E-state index in [1.54, 1.807) is 0 Å². The molecule has 2 aromatic rings. The molecule has 2 aromatic heterocycles. The van der Waals surface area contributed by atoms with Crippen molar-refractivity contribution in [3.8, 4) is 6.01 Å². The summed E-state index contributed by atoms with van der Waals surface area (Å²) < 4.78 is 20.2. The molecular weight excluding hydrogens is 363 g/mol. The van der Waals surface area contributed by atoms with Crippen molar-refractivity contribution in [3.05, 3.63) is 17.2 Å². The Morgan fingerprint density at radius 1 is 1.38 bits per heavy atom. The monoisotopic (exact) mass is 382 g/mol. The van der Waals surface area contributed by atoms with E-state index < -0.39 is 11.9 Å². The quantitative estimate of drug-likeness (QED) is 0.763. The minimum absolute atomic E-state index is 0.0356. The molecule has 1 aliphatic heterocycles. The fourth-order valence-electron chi connectivity index (χ4n) is 3.19. The summed E-state index contributed by atoms with van der Waals surface area (Å²) in [6.07, 6.45) is 4.27. The molecule has 1 saturated carbocycles. The second kappa shape index (κ2) is 6.75. The lowest BCUT2D eigenvalue weighted by Crippen LogP contribution is -2.39. The number of piperidine rings is 1. The molecule has 3 heterocycles. The van der Waals surface area contributed by atoms with Gasteiger partial charge in [0.1, 0.15) is 11.3 Å². The summed E-state index contributed by atoms with van der Waals surface area (Å²) in [4.78, 5) is 14.4. The van der Waals surface area contributed by atoms with Crippen LogP contribution in [0.1, 0.15) is 25.7 Å². The number of rotatable bonds is 5. The maximum Gasteiger partial charge on any atom is 0.319 e. The van der Waals surface area contributed by atoms with Crippen LogP contribution < -0.4 is 9.64 Å². The molecular formula is C17H20ClFN4O3. The van der Waals surface area contributed by atoms with Crippen LogP contribution in [-0.4, -0.2) is 57.6 Å². The fourth-order valence-corrected chi connectivity index (χ4v) is 3.33. The van der Waals surface area contributed by atoms with E-state index in [2.05, 4.69) is 15.0 Å². The lowest BCUT2D eigenvalue weighted by Gasteiger charge is -2.31. The Bertz CT molecular complexity index is 833. The number of halogens is 2. The number of hydrogen-bond donors (Lipinski definition) is 2. The molecule has 0 amide bonds. The van der Waals surface area contributed by atoms with Gasteiger partial charge in [-0.2, -0.15) is 9.97 Å². The average molecular weight is 383 g/mol. The molecule has 2 fully saturated rings. The average Bonchev–Trinajstić information content (AvgIpc) is 3.43. The summed E-state index contributed by atoms with van der Waals surface area (Å²) in [7, 11) is 0. The number of pyridine rings is 1. The van der Waals surface area contributed by atoms with Gasteiger partial charge in [0.15, 0.2) is 11.0 Å². The number of fused-ring (bicyclic) bond motifs is 1. The van der Waals surface area contributed by atoms with E-state index >= 15 is 0 Å². The zero-order valence-corrected chi connectivity index (χ0v) is 14.9. The van der Waals surface area contributed by atoms with Gasteiger partial charge in [0.2, 0.25) is 0 Å². The molecule has 1 saturated heterocycles. The summed E-state index contributed by atoms with van der Waals surface area (Å²) in [6.45, 7) is 1.40. The van der Waals surface area contributed by atoms with Gasteiger partial charge in [-0.3, -0.25) is 0 Å². The zero-order valence-electron chi connectivity index (χ0n) is 14.2. The lowest BCUT2D eigenvalue weighted by atomic mass is 10.1. The van der Waals surface area contributed by atoms with Crippen molar-refractivity contribution in [1.29, 1.82) is 0 Å². The van der Waals surface area contributed by atoms with E-state index in [4.69, 9.17) is 16.3 Å². The van der Waals surface area contributed by atoms with Crippen LogP contribution in [-0.2, 0) is 0 Å². The van der Waals surface area contributed by atoms with E-state index in [1.165, 1.54) is 6.20 Å². The first-order chi connectivity index (χ1) is 12.5. The highest BCUT2D eigenvalue weighted by molar-refractivity contribution is 6.30. The molecule has 0 bridgehead atoms. The largest absolute Gasteiger partial charge is 0.463 e. The molecule has 140 valence electrons. The van der Waals surface area contributed by atoms with Gasteiger partial charge < -0.3 is 19.8 Å². The Morgan fingerprint density at radius 3 is 2.88 bits per heavy atom. The molecule has 0 unspecified atom stereocenters. The van der Waals surface area contributed by atoms with Crippen molar-refractivity contribution in [2.75, 3.05) is 31.2 Å². The number of anilines is 1. The van der Waals surface area contributed by atoms with Gasteiger partial charge in [0.05, 0.1) is 24.7 Å². The minimum atomic E-state index is -0.724. The van der Waals surface area contributed by atoms with Crippen LogP contribution in [0.4, 0.5) is 10.2 Å². The third kappa shape index (κ3) is 3.28. The maximum absolute atomic E-state index is 14.5. The first-order valence-corrected chi connectivity index (χ1v) is 9.07. The van der Waals surface area contributed by atoms with E-state index in [0.29, 0.717) is 24.3 Å². The first kappa shape index (κ1) is 17.6. The van der Waals surface area contributed by atoms with Gasteiger partial charge >= 0.3 is 6.01 Å². The van der Waals surface area contributed by atoms with E-state index in [0.717, 1.165) is 25.7 Å². The number of β-amino-alcohol motifs (C(OH)–C–C–N with tert-alkyl or cyclic N) is 1. The first-order valence-electron chi connectivity index (χ1n) is 8.70. The molecule has 2 N–H and O–H groups in total. The van der Waals surface area contributed by atoms with Crippen LogP contribution in [0, 0.1) is 11.2 Å². The van der Waals surface area contributed by atoms with Crippen LogP contribution in [0.5, 0.6) is 6.01 Å². The predicted octanol–water partition coefficient (Wildman–Crippen LogP) is 1.93. The highest BCUT2D eigenvalue weighted by Crippen LogP contribution is 2.45. The summed E-state index contributed by atoms with van der Waals surface area (Å²) >= 11 is 5.81. The zero-order chi connectivity index (χ0) is 18.3. The van der Waals surface area contributed by atoms with Crippen molar-refractivity contribution < 1.29 is 19.3 Å². The summed E-state index contributed by atoms with van der Waals surface area (Å²) in [5.74, 6) is -0.251. The maximum atomic E-state index is 14.5. The number of aromatic nitrogens is 3. The Hall–Kier alpha value is -1.77. The normalized spacial score (nSPS) is 21.8. The van der Waals surface area contributed by atoms with E-state index in [-0.39, 0.29) is 35.3 Å². The minimum Gasteiger partial charge on any atom is -0.463 e. The third-order valence-corrected chi connectivity index (χ3v) is 5.36. The van der Waals surface area contributed by atoms with Crippen LogP contribution >= 0.6 is 11.6 Å². The van der Waals surface area contributed by atoms with Crippen molar-refractivity contribution in [2.45, 2.75) is 31.8 Å². The Kier molecular flexibility index (Phi) is 4.58. The molecule has 0 spiro atoms. The SMILES string of the molecule is OCC1(COc2nc(N3CCC[C@@H](O)C3)c3cnc(Cl)c(F)c3n2)CC1. The fraction of sp³-hybridized carbons (Fsp3) is 0.588. The lowest BCUT2D eigenvalue weighted by molar-refractivity contribution is 0.140. The molecule has 4 rings (SSSR count). The van der Waals surface area contributed by atoms with Crippen molar-refractivity contribution in [2.24, 2.45) is 5.41 Å². The third-order valence-electron chi connectivity index (χ3n) is 5.10. The summed E-state index contributed by atoms with van der Waals surface area (Å²) in [6, 6.07) is 0.0356. The van der Waals surface area contributed by atoms with Gasteiger partial charge in [-0.15, -0.1) is 0 Å². The van der Waals surface area contributed by atoms with Crippen molar-refractivity contribution >= 4 is 28.3 Å². The molecule has 0 radical (unpaired) electrons. The number of hydrogen-bond acceptors (Lipinski definition) is 7. The van der Waals surface area contributed by atoms with E-state index in [1.807, 2.05) is 4.90 Å². The molecule has 2 aliphatic rings. The number of ether oxygens (including phenoxy) is 1. The van der Waals surface area contributed by atoms with Gasteiger partial charge in [-0.1, -0.05) is 11.6 Å². The molecule has 26 heavy (non-hydrogen) atoms. The van der Waals surface area contributed by atoms with E-state index in [9.17, 15) is 14.6 Å². The van der Waals surface area contributed by atoms with Crippen LogP contribution in [0.2, 0.25) is 5.15 Å². The van der Waals surface area contributed by atoms with Gasteiger partial charge in [-0.05, 0) is 25.7 Å². The summed E-state index contributed by atoms with van der Waals surface area (Å²) in [5, 5.41) is 19.6. The molecule has 9 heteroatoms. The Morgan fingerprint density at radius 2 is 2.19 bits per heavy atom. The second-order valence-corrected chi connectivity index (χ2v) is 7.50. The van der Waals surface area contributed by atoms with Crippen LogP contribution in [0.25, 0.3) is 10.9 Å². The molecule has 1 atom stereocenters. The van der Waals surface area contributed by atoms with Gasteiger partial charge in [0, 0.05) is 24.7 Å².